The third kappa shape index (κ3) is 2.27. The summed E-state index contributed by atoms with van der Waals surface area (Å²) in [7, 11) is 1.96. The summed E-state index contributed by atoms with van der Waals surface area (Å²) in [6.45, 7) is 6.97. The molecule has 0 unspecified atom stereocenters. The van der Waals surface area contributed by atoms with Crippen molar-refractivity contribution < 1.29 is 9.53 Å². The minimum atomic E-state index is -0.657. The number of aryl methyl sites for hydroxylation is 1. The number of carbonyl (C=O) groups excluding carboxylic acids is 1. The number of amides is 1. The van der Waals surface area contributed by atoms with E-state index in [0.717, 1.165) is 30.1 Å². The van der Waals surface area contributed by atoms with Crippen molar-refractivity contribution in [2.75, 3.05) is 6.61 Å². The zero-order valence-electron chi connectivity index (χ0n) is 11.5. The summed E-state index contributed by atoms with van der Waals surface area (Å²) in [6, 6.07) is 0. The molecule has 100 valence electrons. The van der Waals surface area contributed by atoms with Crippen LogP contribution < -0.4 is 5.32 Å². The molecule has 0 radical (unpaired) electrons. The molecule has 1 aromatic heterocycles. The smallest absolute Gasteiger partial charge is 0.252 e. The maximum Gasteiger partial charge on any atom is 0.252 e. The first-order valence-electron chi connectivity index (χ1n) is 6.35. The van der Waals surface area contributed by atoms with Crippen LogP contribution in [0.5, 0.6) is 0 Å². The molecular formula is C13H21N3O2. The molecule has 0 saturated carbocycles. The van der Waals surface area contributed by atoms with Gasteiger partial charge in [0.05, 0.1) is 12.2 Å². The van der Waals surface area contributed by atoms with Gasteiger partial charge < -0.3 is 14.6 Å². The second kappa shape index (κ2) is 4.72. The van der Waals surface area contributed by atoms with E-state index in [4.69, 9.17) is 4.74 Å². The fourth-order valence-corrected chi connectivity index (χ4v) is 2.25. The monoisotopic (exact) mass is 251 g/mol. The number of imidazole rings is 1. The van der Waals surface area contributed by atoms with E-state index in [1.807, 2.05) is 32.4 Å². The van der Waals surface area contributed by atoms with Crippen molar-refractivity contribution in [1.29, 1.82) is 0 Å². The van der Waals surface area contributed by atoms with Gasteiger partial charge in [0.1, 0.15) is 11.4 Å². The van der Waals surface area contributed by atoms with Crippen LogP contribution in [0.15, 0.2) is 0 Å². The van der Waals surface area contributed by atoms with Gasteiger partial charge >= 0.3 is 0 Å². The summed E-state index contributed by atoms with van der Waals surface area (Å²) in [6.07, 6.45) is 1.74. The van der Waals surface area contributed by atoms with Crippen LogP contribution >= 0.6 is 0 Å². The van der Waals surface area contributed by atoms with Crippen molar-refractivity contribution in [2.24, 2.45) is 7.05 Å². The van der Waals surface area contributed by atoms with E-state index in [9.17, 15) is 4.79 Å². The quantitative estimate of drug-likeness (QED) is 0.879. The molecule has 0 spiro atoms. The summed E-state index contributed by atoms with van der Waals surface area (Å²) < 4.78 is 7.52. The third-order valence-corrected chi connectivity index (χ3v) is 3.82. The summed E-state index contributed by atoms with van der Waals surface area (Å²) in [5.41, 5.74) is 1.47. The average molecular weight is 251 g/mol. The maximum absolute atomic E-state index is 12.1. The van der Waals surface area contributed by atoms with Gasteiger partial charge in [-0.2, -0.15) is 0 Å². The van der Waals surface area contributed by atoms with Crippen LogP contribution in [0.2, 0.25) is 0 Å². The molecule has 1 aliphatic rings. The summed E-state index contributed by atoms with van der Waals surface area (Å²) in [4.78, 5) is 16.5. The van der Waals surface area contributed by atoms with E-state index in [1.165, 1.54) is 0 Å². The molecule has 1 saturated heterocycles. The first kappa shape index (κ1) is 13.1. The van der Waals surface area contributed by atoms with Gasteiger partial charge in [0, 0.05) is 19.3 Å². The number of nitrogens with one attached hydrogen (secondary N) is 1. The van der Waals surface area contributed by atoms with Crippen molar-refractivity contribution >= 4 is 5.91 Å². The minimum absolute atomic E-state index is 0.0432. The largest absolute Gasteiger partial charge is 0.365 e. The van der Waals surface area contributed by atoms with Gasteiger partial charge in [-0.3, -0.25) is 4.79 Å². The lowest BCUT2D eigenvalue weighted by Crippen LogP contribution is -2.43. The molecule has 1 atom stereocenters. The van der Waals surface area contributed by atoms with Gasteiger partial charge in [-0.25, -0.2) is 4.98 Å². The van der Waals surface area contributed by atoms with E-state index < -0.39 is 5.60 Å². The number of nitrogens with zero attached hydrogens (tertiary/aromatic N) is 2. The summed E-state index contributed by atoms with van der Waals surface area (Å²) >= 11 is 0. The molecule has 1 aliphatic heterocycles. The number of hydrogen-bond donors (Lipinski definition) is 1. The molecule has 5 heteroatoms. The van der Waals surface area contributed by atoms with Crippen molar-refractivity contribution in [2.45, 2.75) is 45.8 Å². The van der Waals surface area contributed by atoms with Crippen molar-refractivity contribution in [3.05, 3.63) is 17.2 Å². The fourth-order valence-electron chi connectivity index (χ4n) is 2.25. The predicted molar refractivity (Wildman–Crippen MR) is 68.1 cm³/mol. The van der Waals surface area contributed by atoms with Crippen LogP contribution in [0.3, 0.4) is 0 Å². The van der Waals surface area contributed by atoms with Gasteiger partial charge in [-0.05, 0) is 33.6 Å². The number of rotatable bonds is 3. The first-order valence-corrected chi connectivity index (χ1v) is 6.35. The van der Waals surface area contributed by atoms with E-state index >= 15 is 0 Å². The molecule has 0 aliphatic carbocycles. The number of aromatic nitrogens is 2. The number of ether oxygens (including phenoxy) is 1. The highest BCUT2D eigenvalue weighted by Gasteiger charge is 2.37. The second-order valence-electron chi connectivity index (χ2n) is 5.12. The average Bonchev–Trinajstić information content (AvgIpc) is 2.88. The molecule has 5 nitrogen and oxygen atoms in total. The Hall–Kier alpha value is -1.36. The first-order chi connectivity index (χ1) is 8.44. The molecule has 2 heterocycles. The molecule has 2 rings (SSSR count). The Morgan fingerprint density at radius 1 is 1.56 bits per heavy atom. The molecule has 0 aromatic carbocycles. The Bertz CT molecular complexity index is 459. The Morgan fingerprint density at radius 3 is 2.78 bits per heavy atom. The molecule has 1 amide bonds. The Morgan fingerprint density at radius 2 is 2.28 bits per heavy atom. The molecule has 18 heavy (non-hydrogen) atoms. The number of hydrogen-bond acceptors (Lipinski definition) is 3. The molecular weight excluding hydrogens is 230 g/mol. The van der Waals surface area contributed by atoms with Crippen LogP contribution in [0, 0.1) is 13.8 Å². The van der Waals surface area contributed by atoms with Gasteiger partial charge in [0.2, 0.25) is 0 Å². The van der Waals surface area contributed by atoms with E-state index in [0.29, 0.717) is 13.2 Å². The van der Waals surface area contributed by atoms with Crippen LogP contribution in [-0.4, -0.2) is 27.7 Å². The lowest BCUT2D eigenvalue weighted by Gasteiger charge is -2.21. The fraction of sp³-hybridized carbons (Fsp3) is 0.692. The van der Waals surface area contributed by atoms with Crippen LogP contribution in [0.4, 0.5) is 0 Å². The lowest BCUT2D eigenvalue weighted by atomic mass is 10.0. The zero-order valence-corrected chi connectivity index (χ0v) is 11.5. The van der Waals surface area contributed by atoms with Crippen LogP contribution in [-0.2, 0) is 23.1 Å². The van der Waals surface area contributed by atoms with E-state index in [2.05, 4.69) is 10.3 Å². The van der Waals surface area contributed by atoms with Crippen LogP contribution in [0.1, 0.15) is 37.0 Å². The minimum Gasteiger partial charge on any atom is -0.365 e. The maximum atomic E-state index is 12.1. The molecule has 1 fully saturated rings. The van der Waals surface area contributed by atoms with Gasteiger partial charge in [-0.1, -0.05) is 0 Å². The van der Waals surface area contributed by atoms with Crippen molar-refractivity contribution in [3.63, 3.8) is 0 Å². The Balaban J connectivity index is 1.99. The van der Waals surface area contributed by atoms with Gasteiger partial charge in [0.25, 0.3) is 5.91 Å². The Labute approximate surface area is 108 Å². The highest BCUT2D eigenvalue weighted by atomic mass is 16.5. The lowest BCUT2D eigenvalue weighted by molar-refractivity contribution is -0.139. The Kier molecular flexibility index (Phi) is 3.43. The predicted octanol–water partition coefficient (Wildman–Crippen LogP) is 1.22. The summed E-state index contributed by atoms with van der Waals surface area (Å²) in [5.74, 6) is 0.832. The standard InChI is InChI=1S/C13H21N3O2/c1-9-10(2)16(4)11(15-9)8-14-12(17)13(3)6-5-7-18-13/h5-8H2,1-4H3,(H,14,17)/t13-/m0/s1. The van der Waals surface area contributed by atoms with Gasteiger partial charge in [-0.15, -0.1) is 0 Å². The third-order valence-electron chi connectivity index (χ3n) is 3.82. The SMILES string of the molecule is Cc1nc(CNC(=O)[C@]2(C)CCCO2)n(C)c1C. The topological polar surface area (TPSA) is 56.1 Å². The highest BCUT2D eigenvalue weighted by molar-refractivity contribution is 5.84. The molecule has 0 bridgehead atoms. The van der Waals surface area contributed by atoms with Crippen molar-refractivity contribution in [3.8, 4) is 0 Å². The number of carbonyl (C=O) groups is 1. The van der Waals surface area contributed by atoms with E-state index in [-0.39, 0.29) is 5.91 Å². The molecule has 1 aromatic rings. The summed E-state index contributed by atoms with van der Waals surface area (Å²) in [5, 5.41) is 2.92. The van der Waals surface area contributed by atoms with E-state index in [1.54, 1.807) is 0 Å². The second-order valence-corrected chi connectivity index (χ2v) is 5.12. The van der Waals surface area contributed by atoms with Crippen LogP contribution in [0.25, 0.3) is 0 Å². The normalized spacial score (nSPS) is 23.3. The molecule has 1 N–H and O–H groups in total. The highest BCUT2D eigenvalue weighted by Crippen LogP contribution is 2.25. The van der Waals surface area contributed by atoms with Gasteiger partial charge in [0.15, 0.2) is 0 Å². The van der Waals surface area contributed by atoms with Crippen molar-refractivity contribution in [1.82, 2.24) is 14.9 Å². The zero-order chi connectivity index (χ0) is 13.3.